The van der Waals surface area contributed by atoms with Crippen molar-refractivity contribution in [2.45, 2.75) is 26.5 Å². The molecule has 6 rings (SSSR count). The Balaban J connectivity index is 1.22. The van der Waals surface area contributed by atoms with E-state index in [1.165, 1.54) is 67.6 Å². The highest BCUT2D eigenvalue weighted by molar-refractivity contribution is 7.93. The zero-order valence-electron chi connectivity index (χ0n) is 28.2. The number of sulfonamides is 2. The van der Waals surface area contributed by atoms with Crippen LogP contribution in [-0.2, 0) is 40.3 Å². The second-order valence-corrected chi connectivity index (χ2v) is 18.7. The molecule has 0 aliphatic rings. The first-order valence-electron chi connectivity index (χ1n) is 15.5. The topological polar surface area (TPSA) is 283 Å². The predicted octanol–water partition coefficient (Wildman–Crippen LogP) is 6.11. The van der Waals surface area contributed by atoms with Gasteiger partial charge in [-0.2, -0.15) is 16.8 Å². The lowest BCUT2D eigenvalue weighted by Crippen LogP contribution is -2.19. The summed E-state index contributed by atoms with van der Waals surface area (Å²) in [6.45, 7) is 1.41. The number of halogens is 1. The van der Waals surface area contributed by atoms with Crippen molar-refractivity contribution >= 4 is 102 Å². The Hall–Kier alpha value is -5.68. The molecule has 17 nitrogen and oxygen atoms in total. The Bertz CT molecular complexity index is 2880. The van der Waals surface area contributed by atoms with Crippen molar-refractivity contribution in [2.24, 2.45) is 0 Å². The van der Waals surface area contributed by atoms with Crippen molar-refractivity contribution in [2.75, 3.05) is 20.1 Å². The zero-order chi connectivity index (χ0) is 41.0. The molecule has 6 aromatic rings. The number of carbonyl (C=O) groups is 1. The van der Waals surface area contributed by atoms with Gasteiger partial charge in [0.2, 0.25) is 0 Å². The lowest BCUT2D eigenvalue weighted by atomic mass is 10.1. The number of nitrogens with one attached hydrogen (secondary N) is 4. The summed E-state index contributed by atoms with van der Waals surface area (Å²) in [5.74, 6) is -0.861. The third-order valence-corrected chi connectivity index (χ3v) is 13.2. The number of anilines is 4. The van der Waals surface area contributed by atoms with Gasteiger partial charge in [-0.05, 0) is 102 Å². The van der Waals surface area contributed by atoms with E-state index < -0.39 is 77.4 Å². The van der Waals surface area contributed by atoms with Gasteiger partial charge in [0, 0.05) is 34.3 Å². The summed E-state index contributed by atoms with van der Waals surface area (Å²) < 4.78 is 123. The van der Waals surface area contributed by atoms with Crippen molar-refractivity contribution in [3.8, 4) is 11.5 Å². The van der Waals surface area contributed by atoms with E-state index in [9.17, 15) is 57.8 Å². The first-order valence-corrected chi connectivity index (χ1v) is 21.7. The van der Waals surface area contributed by atoms with Gasteiger partial charge in [-0.15, -0.1) is 0 Å². The highest BCUT2D eigenvalue weighted by Crippen LogP contribution is 2.34. The van der Waals surface area contributed by atoms with Crippen LogP contribution in [0.4, 0.5) is 27.5 Å². The van der Waals surface area contributed by atoms with Crippen LogP contribution in [0.25, 0.3) is 21.5 Å². The molecule has 8 N–H and O–H groups in total. The molecule has 0 aliphatic carbocycles. The first kappa shape index (κ1) is 40.0. The molecule has 0 spiro atoms. The molecule has 0 heterocycles. The highest BCUT2D eigenvalue weighted by Gasteiger charge is 2.22. The number of rotatable bonds is 10. The molecular weight excluding hydrogens is 836 g/mol. The summed E-state index contributed by atoms with van der Waals surface area (Å²) >= 11 is 5.81. The van der Waals surface area contributed by atoms with Gasteiger partial charge in [0.15, 0.2) is 0 Å². The summed E-state index contributed by atoms with van der Waals surface area (Å²) in [5, 5.41) is 26.8. The summed E-state index contributed by atoms with van der Waals surface area (Å²) in [4.78, 5) is 10.9. The summed E-state index contributed by atoms with van der Waals surface area (Å²) in [6.07, 6.45) is 0. The van der Waals surface area contributed by atoms with E-state index >= 15 is 0 Å². The number of fused-ring (bicyclic) bond motifs is 2. The average molecular weight is 863 g/mol. The van der Waals surface area contributed by atoms with E-state index in [0.717, 1.165) is 36.4 Å². The number of urea groups is 1. The van der Waals surface area contributed by atoms with E-state index in [1.54, 1.807) is 0 Å². The lowest BCUT2D eigenvalue weighted by molar-refractivity contribution is 0.262. The maximum atomic E-state index is 13.2. The number of aromatic hydroxyl groups is 2. The van der Waals surface area contributed by atoms with Crippen LogP contribution in [0.1, 0.15) is 5.56 Å². The van der Waals surface area contributed by atoms with Gasteiger partial charge in [-0.1, -0.05) is 17.7 Å². The largest absolute Gasteiger partial charge is 0.507 e. The van der Waals surface area contributed by atoms with Crippen LogP contribution in [0, 0.1) is 6.92 Å². The Kier molecular flexibility index (Phi) is 10.3. The SMILES string of the molecule is Cc1ccc(NS(=O)(=O)c2cc(O)c3ccc(NC(=O)Nc4ccc5c(O)cc(S(=O)(=O)Nc6ccc(Cl)c(S(=O)(=O)O)c6)cc5c4)cc3c2)cc1S(=O)(=O)O. The second-order valence-electron chi connectivity index (χ2n) is 12.1. The van der Waals surface area contributed by atoms with Gasteiger partial charge >= 0.3 is 6.03 Å². The fourth-order valence-electron chi connectivity index (χ4n) is 5.54. The van der Waals surface area contributed by atoms with E-state index in [0.29, 0.717) is 0 Å². The number of aryl methyl sites for hydroxylation is 1. The Morgan fingerprint density at radius 3 is 1.39 bits per heavy atom. The zero-order valence-corrected chi connectivity index (χ0v) is 32.2. The van der Waals surface area contributed by atoms with Crippen molar-refractivity contribution in [3.05, 3.63) is 108 Å². The van der Waals surface area contributed by atoms with Gasteiger partial charge in [0.25, 0.3) is 40.3 Å². The smallest absolute Gasteiger partial charge is 0.323 e. The highest BCUT2D eigenvalue weighted by atomic mass is 35.5. The first-order chi connectivity index (χ1) is 26.0. The van der Waals surface area contributed by atoms with Crippen molar-refractivity contribution < 1.29 is 57.8 Å². The molecule has 0 bridgehead atoms. The van der Waals surface area contributed by atoms with Gasteiger partial charge in [-0.3, -0.25) is 18.5 Å². The molecule has 0 saturated carbocycles. The van der Waals surface area contributed by atoms with Crippen molar-refractivity contribution in [3.63, 3.8) is 0 Å². The van der Waals surface area contributed by atoms with Crippen LogP contribution >= 0.6 is 11.6 Å². The molecule has 0 aromatic heterocycles. The van der Waals surface area contributed by atoms with Crippen molar-refractivity contribution in [1.29, 1.82) is 0 Å². The molecule has 2 amide bonds. The van der Waals surface area contributed by atoms with E-state index in [2.05, 4.69) is 20.1 Å². The summed E-state index contributed by atoms with van der Waals surface area (Å²) in [5.41, 5.74) is 0.0486. The molecule has 0 unspecified atom stereocenters. The number of hydrogen-bond acceptors (Lipinski definition) is 11. The van der Waals surface area contributed by atoms with Crippen LogP contribution < -0.4 is 20.1 Å². The molecule has 0 radical (unpaired) electrons. The van der Waals surface area contributed by atoms with Crippen LogP contribution in [0.15, 0.2) is 117 Å². The van der Waals surface area contributed by atoms with E-state index in [4.69, 9.17) is 11.6 Å². The van der Waals surface area contributed by atoms with Gasteiger partial charge < -0.3 is 20.8 Å². The maximum absolute atomic E-state index is 13.2. The average Bonchev–Trinajstić information content (AvgIpc) is 3.08. The molecule has 292 valence electrons. The quantitative estimate of drug-likeness (QED) is 0.0723. The maximum Gasteiger partial charge on any atom is 0.323 e. The van der Waals surface area contributed by atoms with Gasteiger partial charge in [-0.25, -0.2) is 21.6 Å². The Morgan fingerprint density at radius 1 is 0.536 bits per heavy atom. The number of hydrogen-bond donors (Lipinski definition) is 8. The molecule has 22 heteroatoms. The standard InChI is InChI=1S/C34H27ClN4O13S4/c1-18-2-3-23(14-32(18)55(47,48)49)38-53(43,44)25-12-19-10-21(4-7-27(19)30(40)16-25)36-34(42)37-22-5-8-28-20(11-22)13-26(17-31(28)41)54(45,46)39-24-6-9-29(35)33(15-24)56(50,51)52/h2-17,38-41H,1H3,(H2,36,37,42)(H,47,48,49)(H,50,51,52). The van der Waals surface area contributed by atoms with Crippen LogP contribution in [0.5, 0.6) is 11.5 Å². The third-order valence-electron chi connectivity index (χ3n) is 8.12. The molecule has 6 aromatic carbocycles. The molecule has 0 fully saturated rings. The number of benzene rings is 6. The number of phenolic OH excluding ortho intramolecular Hbond substituents is 2. The lowest BCUT2D eigenvalue weighted by Gasteiger charge is -2.13. The van der Waals surface area contributed by atoms with Gasteiger partial charge in [0.05, 0.1) is 31.1 Å². The fraction of sp³-hybridized carbons (Fsp3) is 0.0294. The minimum atomic E-state index is -4.78. The van der Waals surface area contributed by atoms with Crippen LogP contribution in [0.3, 0.4) is 0 Å². The fourth-order valence-corrected chi connectivity index (χ4v) is 9.50. The van der Waals surface area contributed by atoms with E-state index in [1.807, 2.05) is 0 Å². The van der Waals surface area contributed by atoms with Gasteiger partial charge in [0.1, 0.15) is 16.4 Å². The molecule has 56 heavy (non-hydrogen) atoms. The number of amides is 2. The number of phenols is 2. The third kappa shape index (κ3) is 8.58. The Labute approximate surface area is 324 Å². The molecular formula is C34H27ClN4O13S4. The normalized spacial score (nSPS) is 12.4. The van der Waals surface area contributed by atoms with E-state index in [-0.39, 0.29) is 54.9 Å². The Morgan fingerprint density at radius 2 is 0.946 bits per heavy atom. The summed E-state index contributed by atoms with van der Waals surface area (Å²) in [7, 11) is -18.3. The van der Waals surface area contributed by atoms with Crippen LogP contribution in [-0.4, -0.2) is 59.0 Å². The predicted molar refractivity (Wildman–Crippen MR) is 208 cm³/mol. The molecule has 0 atom stereocenters. The summed E-state index contributed by atoms with van der Waals surface area (Å²) in [6, 6.07) is 18.5. The minimum absolute atomic E-state index is 0.151. The molecule has 0 saturated heterocycles. The monoisotopic (exact) mass is 862 g/mol. The second kappa shape index (κ2) is 14.4. The number of carbonyl (C=O) groups excluding carboxylic acids is 1. The van der Waals surface area contributed by atoms with Crippen molar-refractivity contribution in [1.82, 2.24) is 0 Å². The van der Waals surface area contributed by atoms with Crippen LogP contribution in [0.2, 0.25) is 5.02 Å². The minimum Gasteiger partial charge on any atom is -0.507 e. The molecule has 0 aliphatic heterocycles.